The summed E-state index contributed by atoms with van der Waals surface area (Å²) in [5, 5.41) is 5.32. The van der Waals surface area contributed by atoms with E-state index in [0.29, 0.717) is 13.0 Å². The van der Waals surface area contributed by atoms with Crippen molar-refractivity contribution < 1.29 is 15.7 Å². The van der Waals surface area contributed by atoms with Crippen LogP contribution in [0.3, 0.4) is 0 Å². The molecule has 0 unspecified atom stereocenters. The van der Waals surface area contributed by atoms with Gasteiger partial charge in [-0.15, -0.1) is 0 Å². The van der Waals surface area contributed by atoms with Crippen LogP contribution < -0.4 is 14.8 Å². The first kappa shape index (κ1) is 15.5. The van der Waals surface area contributed by atoms with Gasteiger partial charge in [0.15, 0.2) is 0 Å². The van der Waals surface area contributed by atoms with Crippen LogP contribution in [0.25, 0.3) is 0 Å². The number of nitrogens with one attached hydrogen (secondary N) is 1. The molecule has 0 radical (unpaired) electrons. The number of methoxy groups -OCH3 is 1. The molecule has 1 aliphatic carbocycles. The quantitative estimate of drug-likeness (QED) is 0.621. The maximum absolute atomic E-state index is 11.7. The van der Waals surface area contributed by atoms with Crippen LogP contribution in [0.2, 0.25) is 0 Å². The molecule has 0 spiro atoms. The molecule has 0 saturated heterocycles. The Morgan fingerprint density at radius 3 is 2.71 bits per heavy atom. The number of ether oxygens (including phenoxy) is 2. The van der Waals surface area contributed by atoms with Gasteiger partial charge in [-0.25, -0.2) is 4.99 Å². The van der Waals surface area contributed by atoms with E-state index >= 15 is 0 Å². The Bertz CT molecular complexity index is 526. The summed E-state index contributed by atoms with van der Waals surface area (Å²) < 4.78 is 10.6. The van der Waals surface area contributed by atoms with Crippen molar-refractivity contribution in [2.24, 2.45) is 4.99 Å². The van der Waals surface area contributed by atoms with Crippen molar-refractivity contribution in [2.75, 3.05) is 13.7 Å². The van der Waals surface area contributed by atoms with Gasteiger partial charge in [-0.1, -0.05) is 0 Å². The molecule has 1 amide bonds. The Hall–Kier alpha value is -1.91. The highest BCUT2D eigenvalue weighted by Crippen LogP contribution is 2.23. The highest BCUT2D eigenvalue weighted by atomic mass is 32.1. The highest BCUT2D eigenvalue weighted by molar-refractivity contribution is 7.78. The molecule has 1 aromatic carbocycles. The molecule has 1 aliphatic rings. The second-order valence-corrected chi connectivity index (χ2v) is 5.07. The Balaban J connectivity index is 0.00000242. The zero-order valence-corrected chi connectivity index (χ0v) is 12.7. The maximum Gasteiger partial charge on any atom is 0.223 e. The Kier molecular flexibility index (Phi) is 5.72. The molecule has 0 atom stereocenters. The van der Waals surface area contributed by atoms with Gasteiger partial charge < -0.3 is 14.8 Å². The van der Waals surface area contributed by atoms with Gasteiger partial charge >= 0.3 is 0 Å². The summed E-state index contributed by atoms with van der Waals surface area (Å²) in [4.78, 5) is 15.7. The average molecular weight is 308 g/mol. The Morgan fingerprint density at radius 1 is 1.43 bits per heavy atom. The number of benzene rings is 1. The van der Waals surface area contributed by atoms with Gasteiger partial charge in [0, 0.05) is 7.47 Å². The van der Waals surface area contributed by atoms with Crippen LogP contribution >= 0.6 is 12.2 Å². The third-order valence-electron chi connectivity index (χ3n) is 3.37. The van der Waals surface area contributed by atoms with Crippen LogP contribution in [0.5, 0.6) is 11.5 Å². The number of aliphatic imine (C=N–C) groups is 1. The first-order valence-electron chi connectivity index (χ1n) is 6.84. The van der Waals surface area contributed by atoms with Crippen molar-refractivity contribution in [3.63, 3.8) is 0 Å². The number of hydrogen-bond acceptors (Lipinski definition) is 5. The lowest BCUT2D eigenvalue weighted by molar-refractivity contribution is -0.122. The minimum absolute atomic E-state index is 0. The second kappa shape index (κ2) is 7.76. The molecule has 1 fully saturated rings. The van der Waals surface area contributed by atoms with Crippen molar-refractivity contribution in [3.05, 3.63) is 24.3 Å². The minimum atomic E-state index is -0.00158. The largest absolute Gasteiger partial charge is 0.497 e. The van der Waals surface area contributed by atoms with Crippen molar-refractivity contribution in [2.45, 2.75) is 31.3 Å². The molecule has 0 bridgehead atoms. The Labute approximate surface area is 130 Å². The van der Waals surface area contributed by atoms with Crippen LogP contribution in [0, 0.1) is 0 Å². The fraction of sp³-hybridized carbons (Fsp3) is 0.467. The van der Waals surface area contributed by atoms with E-state index in [0.717, 1.165) is 24.3 Å². The molecule has 6 heteroatoms. The molecule has 1 N–H and O–H groups in total. The van der Waals surface area contributed by atoms with Gasteiger partial charge in [-0.05, 0) is 49.3 Å². The van der Waals surface area contributed by atoms with Crippen LogP contribution in [0.1, 0.15) is 20.7 Å². The fourth-order valence-electron chi connectivity index (χ4n) is 2.12. The van der Waals surface area contributed by atoms with Gasteiger partial charge in [0.2, 0.25) is 5.91 Å². The van der Waals surface area contributed by atoms with Crippen molar-refractivity contribution in [1.82, 2.24) is 5.32 Å². The SMILES string of the molecule is COc1ccc(OCCC(=O)NC2CC(N=C=S)C2)cc1.[HH]. The minimum Gasteiger partial charge on any atom is -0.497 e. The van der Waals surface area contributed by atoms with E-state index < -0.39 is 0 Å². The molecule has 0 aromatic heterocycles. The van der Waals surface area contributed by atoms with Gasteiger partial charge in [0.25, 0.3) is 0 Å². The van der Waals surface area contributed by atoms with Crippen molar-refractivity contribution >= 4 is 23.3 Å². The van der Waals surface area contributed by atoms with Gasteiger partial charge in [-0.3, -0.25) is 4.79 Å². The predicted octanol–water partition coefficient (Wildman–Crippen LogP) is 2.46. The summed E-state index contributed by atoms with van der Waals surface area (Å²) in [6.45, 7) is 0.354. The summed E-state index contributed by atoms with van der Waals surface area (Å²) >= 11 is 4.55. The molecular formula is C15H20N2O3S. The molecule has 1 saturated carbocycles. The number of carbonyl (C=O) groups excluding carboxylic acids is 1. The number of isothiocyanates is 1. The molecular weight excluding hydrogens is 288 g/mol. The molecule has 21 heavy (non-hydrogen) atoms. The lowest BCUT2D eigenvalue weighted by Crippen LogP contribution is -2.46. The lowest BCUT2D eigenvalue weighted by Gasteiger charge is -2.32. The van der Waals surface area contributed by atoms with Crippen LogP contribution in [0.4, 0.5) is 0 Å². The van der Waals surface area contributed by atoms with E-state index in [1.165, 1.54) is 0 Å². The smallest absolute Gasteiger partial charge is 0.223 e. The maximum atomic E-state index is 11.7. The number of thiocarbonyl (C=S) groups is 1. The molecule has 1 aromatic rings. The summed E-state index contributed by atoms with van der Waals surface area (Å²) in [6, 6.07) is 7.70. The summed E-state index contributed by atoms with van der Waals surface area (Å²) in [6.07, 6.45) is 2.02. The van der Waals surface area contributed by atoms with Crippen molar-refractivity contribution in [1.29, 1.82) is 0 Å². The summed E-state index contributed by atoms with van der Waals surface area (Å²) in [5.74, 6) is 1.50. The molecule has 5 nitrogen and oxygen atoms in total. The second-order valence-electron chi connectivity index (χ2n) is 4.88. The number of rotatable bonds is 7. The van der Waals surface area contributed by atoms with E-state index in [1.807, 2.05) is 24.3 Å². The zero-order chi connectivity index (χ0) is 15.1. The predicted molar refractivity (Wildman–Crippen MR) is 85.2 cm³/mol. The Morgan fingerprint density at radius 2 is 2.10 bits per heavy atom. The lowest BCUT2D eigenvalue weighted by atomic mass is 9.87. The van der Waals surface area contributed by atoms with Crippen LogP contribution in [-0.4, -0.2) is 36.9 Å². The first-order valence-corrected chi connectivity index (χ1v) is 7.25. The topological polar surface area (TPSA) is 59.9 Å². The number of nitrogens with zero attached hydrogens (tertiary/aromatic N) is 1. The van der Waals surface area contributed by atoms with Crippen LogP contribution in [0.15, 0.2) is 29.3 Å². The van der Waals surface area contributed by atoms with E-state index in [1.54, 1.807) is 7.11 Å². The van der Waals surface area contributed by atoms with E-state index in [9.17, 15) is 4.79 Å². The zero-order valence-electron chi connectivity index (χ0n) is 11.9. The van der Waals surface area contributed by atoms with Gasteiger partial charge in [0.05, 0.1) is 31.3 Å². The molecule has 0 aliphatic heterocycles. The van der Waals surface area contributed by atoms with E-state index in [4.69, 9.17) is 9.47 Å². The van der Waals surface area contributed by atoms with Gasteiger partial charge in [-0.2, -0.15) is 0 Å². The first-order chi connectivity index (χ1) is 10.2. The van der Waals surface area contributed by atoms with E-state index in [2.05, 4.69) is 27.7 Å². The normalized spacial score (nSPS) is 19.9. The third kappa shape index (κ3) is 4.85. The van der Waals surface area contributed by atoms with Crippen LogP contribution in [-0.2, 0) is 4.79 Å². The number of hydrogen-bond donors (Lipinski definition) is 1. The van der Waals surface area contributed by atoms with Gasteiger partial charge in [0.1, 0.15) is 11.5 Å². The third-order valence-corrected chi connectivity index (χ3v) is 3.48. The number of carbonyl (C=O) groups is 1. The molecule has 2 rings (SSSR count). The summed E-state index contributed by atoms with van der Waals surface area (Å²) in [5.41, 5.74) is 0. The molecule has 0 heterocycles. The van der Waals surface area contributed by atoms with Crippen molar-refractivity contribution in [3.8, 4) is 11.5 Å². The highest BCUT2D eigenvalue weighted by Gasteiger charge is 2.29. The standard InChI is InChI=1S/C15H18N2O3S.H2/c1-19-13-2-4-14(5-3-13)20-7-6-15(18)17-12-8-11(9-12)16-10-21;/h2-5,11-12H,6-9H2,1H3,(H,17,18);1H. The fourth-order valence-corrected chi connectivity index (χ4v) is 2.27. The summed E-state index contributed by atoms with van der Waals surface area (Å²) in [7, 11) is 1.61. The molecule has 114 valence electrons. The monoisotopic (exact) mass is 308 g/mol. The average Bonchev–Trinajstić information content (AvgIpc) is 2.46. The number of amides is 1. The van der Waals surface area contributed by atoms with E-state index in [-0.39, 0.29) is 19.4 Å².